The normalized spacial score (nSPS) is 23.4. The summed E-state index contributed by atoms with van der Waals surface area (Å²) in [5.41, 5.74) is 1.72. The largest absolute Gasteiger partial charge is 0.467 e. The Balaban J connectivity index is 1.61. The molecule has 0 fully saturated rings. The number of rotatable bonds is 2. The molecule has 21 heavy (non-hydrogen) atoms. The van der Waals surface area contributed by atoms with Gasteiger partial charge in [-0.05, 0) is 12.1 Å². The second-order valence-corrected chi connectivity index (χ2v) is 4.73. The molecule has 0 amide bonds. The van der Waals surface area contributed by atoms with Crippen molar-refractivity contribution >= 4 is 0 Å². The highest BCUT2D eigenvalue weighted by Crippen LogP contribution is 2.39. The molecule has 5 heteroatoms. The topological polar surface area (TPSA) is 46.2 Å². The van der Waals surface area contributed by atoms with Crippen LogP contribution in [0, 0.1) is 0 Å². The Hall–Kier alpha value is -2.08. The lowest BCUT2D eigenvalue weighted by Gasteiger charge is -2.32. The third-order valence-electron chi connectivity index (χ3n) is 3.46. The van der Waals surface area contributed by atoms with E-state index in [1.807, 2.05) is 48.5 Å². The van der Waals surface area contributed by atoms with Gasteiger partial charge in [0.2, 0.25) is 0 Å². The summed E-state index contributed by atoms with van der Waals surface area (Å²) in [5.74, 6) is 1.54. The lowest BCUT2D eigenvalue weighted by Crippen LogP contribution is -2.25. The Labute approximate surface area is 122 Å². The highest BCUT2D eigenvalue weighted by atomic mass is 16.8. The molecule has 0 saturated carbocycles. The molecule has 0 radical (unpaired) electrons. The molecule has 2 unspecified atom stereocenters. The standard InChI is InChI=1S/C16H14O5/c1-3-7-13-11(5-1)15(19-9-17-13)21-16-12-6-2-4-8-14(12)18-10-20-16/h1-8,15-16H,9-10H2. The zero-order valence-corrected chi connectivity index (χ0v) is 11.2. The van der Waals surface area contributed by atoms with Crippen molar-refractivity contribution in [3.05, 3.63) is 59.7 Å². The summed E-state index contributed by atoms with van der Waals surface area (Å²) in [7, 11) is 0. The van der Waals surface area contributed by atoms with Crippen LogP contribution in [0.25, 0.3) is 0 Å². The van der Waals surface area contributed by atoms with E-state index in [-0.39, 0.29) is 13.6 Å². The molecule has 5 nitrogen and oxygen atoms in total. The predicted octanol–water partition coefficient (Wildman–Crippen LogP) is 3.13. The van der Waals surface area contributed by atoms with E-state index in [1.165, 1.54) is 0 Å². The quantitative estimate of drug-likeness (QED) is 0.848. The van der Waals surface area contributed by atoms with E-state index in [0.717, 1.165) is 22.6 Å². The Morgan fingerprint density at radius 1 is 0.714 bits per heavy atom. The predicted molar refractivity (Wildman–Crippen MR) is 72.6 cm³/mol. The molecule has 0 saturated heterocycles. The SMILES string of the molecule is c1ccc2c(c1)OCOC2OC1OCOc2ccccc21. The number of benzene rings is 2. The molecule has 0 aliphatic carbocycles. The van der Waals surface area contributed by atoms with Gasteiger partial charge in [-0.2, -0.15) is 0 Å². The van der Waals surface area contributed by atoms with Crippen LogP contribution in [-0.4, -0.2) is 13.6 Å². The van der Waals surface area contributed by atoms with E-state index in [2.05, 4.69) is 0 Å². The van der Waals surface area contributed by atoms with Crippen LogP contribution >= 0.6 is 0 Å². The Kier molecular flexibility index (Phi) is 3.23. The molecule has 2 atom stereocenters. The van der Waals surface area contributed by atoms with Crippen molar-refractivity contribution in [2.24, 2.45) is 0 Å². The molecular formula is C16H14O5. The molecule has 2 aromatic carbocycles. The van der Waals surface area contributed by atoms with Crippen LogP contribution in [0.15, 0.2) is 48.5 Å². The Bertz CT molecular complexity index is 587. The van der Waals surface area contributed by atoms with Crippen LogP contribution in [0.5, 0.6) is 11.5 Å². The third kappa shape index (κ3) is 2.35. The van der Waals surface area contributed by atoms with Crippen LogP contribution in [0.4, 0.5) is 0 Å². The highest BCUT2D eigenvalue weighted by Gasteiger charge is 2.30. The fourth-order valence-electron chi connectivity index (χ4n) is 2.45. The first-order valence-corrected chi connectivity index (χ1v) is 6.74. The van der Waals surface area contributed by atoms with Crippen molar-refractivity contribution in [2.75, 3.05) is 13.6 Å². The van der Waals surface area contributed by atoms with E-state index in [4.69, 9.17) is 23.7 Å². The van der Waals surface area contributed by atoms with Gasteiger partial charge in [-0.25, -0.2) is 0 Å². The van der Waals surface area contributed by atoms with Crippen LogP contribution in [0.1, 0.15) is 23.7 Å². The first-order valence-electron chi connectivity index (χ1n) is 6.74. The molecule has 2 aromatic rings. The molecule has 0 bridgehead atoms. The van der Waals surface area contributed by atoms with E-state index < -0.39 is 12.6 Å². The van der Waals surface area contributed by atoms with E-state index in [0.29, 0.717) is 0 Å². The maximum atomic E-state index is 5.98. The molecule has 4 rings (SSSR count). The minimum absolute atomic E-state index is 0.159. The van der Waals surface area contributed by atoms with Gasteiger partial charge in [-0.3, -0.25) is 0 Å². The zero-order valence-electron chi connectivity index (χ0n) is 11.2. The second-order valence-electron chi connectivity index (χ2n) is 4.73. The first-order chi connectivity index (χ1) is 10.4. The van der Waals surface area contributed by atoms with Gasteiger partial charge in [0.15, 0.2) is 26.2 Å². The minimum atomic E-state index is -0.522. The number of para-hydroxylation sites is 2. The summed E-state index contributed by atoms with van der Waals surface area (Å²) in [6, 6.07) is 15.3. The van der Waals surface area contributed by atoms with Gasteiger partial charge in [0.05, 0.1) is 11.1 Å². The molecule has 2 aliphatic heterocycles. The van der Waals surface area contributed by atoms with Crippen molar-refractivity contribution in [2.45, 2.75) is 12.6 Å². The summed E-state index contributed by atoms with van der Waals surface area (Å²) >= 11 is 0. The zero-order chi connectivity index (χ0) is 14.1. The van der Waals surface area contributed by atoms with Crippen molar-refractivity contribution in [3.63, 3.8) is 0 Å². The van der Waals surface area contributed by atoms with E-state index in [9.17, 15) is 0 Å². The van der Waals surface area contributed by atoms with Gasteiger partial charge < -0.3 is 23.7 Å². The van der Waals surface area contributed by atoms with Crippen LogP contribution in [-0.2, 0) is 14.2 Å². The van der Waals surface area contributed by atoms with Gasteiger partial charge in [0.1, 0.15) is 11.5 Å². The van der Waals surface area contributed by atoms with Crippen molar-refractivity contribution in [1.29, 1.82) is 0 Å². The fraction of sp³-hybridized carbons (Fsp3) is 0.250. The number of hydrogen-bond acceptors (Lipinski definition) is 5. The van der Waals surface area contributed by atoms with Gasteiger partial charge in [-0.1, -0.05) is 36.4 Å². The highest BCUT2D eigenvalue weighted by molar-refractivity contribution is 5.37. The maximum Gasteiger partial charge on any atom is 0.194 e. The van der Waals surface area contributed by atoms with Gasteiger partial charge in [0.25, 0.3) is 0 Å². The third-order valence-corrected chi connectivity index (χ3v) is 3.46. The molecule has 2 aliphatic rings. The van der Waals surface area contributed by atoms with E-state index in [1.54, 1.807) is 0 Å². The molecule has 0 spiro atoms. The molecular weight excluding hydrogens is 272 g/mol. The molecule has 0 aromatic heterocycles. The van der Waals surface area contributed by atoms with E-state index >= 15 is 0 Å². The fourth-order valence-corrected chi connectivity index (χ4v) is 2.45. The van der Waals surface area contributed by atoms with Crippen LogP contribution in [0.2, 0.25) is 0 Å². The average molecular weight is 286 g/mol. The summed E-state index contributed by atoms with van der Waals surface area (Å²) in [4.78, 5) is 0. The van der Waals surface area contributed by atoms with Gasteiger partial charge in [0, 0.05) is 0 Å². The summed E-state index contributed by atoms with van der Waals surface area (Å²) in [5, 5.41) is 0. The van der Waals surface area contributed by atoms with Crippen molar-refractivity contribution < 1.29 is 23.7 Å². The lowest BCUT2D eigenvalue weighted by atomic mass is 10.1. The first kappa shape index (κ1) is 12.6. The Morgan fingerprint density at radius 3 is 1.71 bits per heavy atom. The van der Waals surface area contributed by atoms with Gasteiger partial charge in [-0.15, -0.1) is 0 Å². The average Bonchev–Trinajstić information content (AvgIpc) is 2.56. The summed E-state index contributed by atoms with van der Waals surface area (Å²) < 4.78 is 28.0. The molecule has 2 heterocycles. The minimum Gasteiger partial charge on any atom is -0.467 e. The smallest absolute Gasteiger partial charge is 0.194 e. The second kappa shape index (κ2) is 5.37. The van der Waals surface area contributed by atoms with Crippen LogP contribution < -0.4 is 9.47 Å². The molecule has 0 N–H and O–H groups in total. The maximum absolute atomic E-state index is 5.98. The molecule has 108 valence electrons. The number of ether oxygens (including phenoxy) is 5. The van der Waals surface area contributed by atoms with Gasteiger partial charge >= 0.3 is 0 Å². The number of fused-ring (bicyclic) bond motifs is 2. The Morgan fingerprint density at radius 2 is 1.19 bits per heavy atom. The summed E-state index contributed by atoms with van der Waals surface area (Å²) in [6.45, 7) is 0.319. The lowest BCUT2D eigenvalue weighted by molar-refractivity contribution is -0.291. The van der Waals surface area contributed by atoms with Crippen LogP contribution in [0.3, 0.4) is 0 Å². The monoisotopic (exact) mass is 286 g/mol. The number of hydrogen-bond donors (Lipinski definition) is 0. The van der Waals surface area contributed by atoms with Crippen molar-refractivity contribution in [3.8, 4) is 11.5 Å². The van der Waals surface area contributed by atoms with Crippen molar-refractivity contribution in [1.82, 2.24) is 0 Å². The summed E-state index contributed by atoms with van der Waals surface area (Å²) in [6.07, 6.45) is -1.04.